The van der Waals surface area contributed by atoms with Gasteiger partial charge in [-0.2, -0.15) is 0 Å². The van der Waals surface area contributed by atoms with Crippen LogP contribution in [0, 0.1) is 0 Å². The summed E-state index contributed by atoms with van der Waals surface area (Å²) >= 11 is 1.28. The van der Waals surface area contributed by atoms with Gasteiger partial charge in [-0.1, -0.05) is 23.7 Å². The molecule has 0 bridgehead atoms. The molecule has 0 spiro atoms. The van der Waals surface area contributed by atoms with Crippen LogP contribution in [0.3, 0.4) is 0 Å². The number of methoxy groups -OCH3 is 1. The smallest absolute Gasteiger partial charge is 0.808 e. The number of aromatic amines is 2. The van der Waals surface area contributed by atoms with E-state index < -0.39 is 7.60 Å². The number of H-pyrrole nitrogens is 2. The molecule has 0 radical (unpaired) electrons. The number of nitrogens with one attached hydrogen (secondary N) is 2. The van der Waals surface area contributed by atoms with Crippen LogP contribution in [0.4, 0.5) is 0 Å². The predicted octanol–water partition coefficient (Wildman–Crippen LogP) is -4.70. The average molecular weight is 423 g/mol. The van der Waals surface area contributed by atoms with E-state index in [9.17, 15) is 19.1 Å². The Labute approximate surface area is 203 Å². The Balaban J connectivity index is 0.00000182. The molecule has 27 heavy (non-hydrogen) atoms. The molecule has 0 amide bonds. The SMILES string of the molecule is COc1ccc(Sc2c[nH]c3c(=O)[nH]cnc23)c(/C=C/P(=O)([O-])[O-])c1.[Na+].[Na+]. The Kier molecular flexibility index (Phi) is 9.57. The Hall–Kier alpha value is -0.320. The molecule has 0 atom stereocenters. The average Bonchev–Trinajstić information content (AvgIpc) is 2.97. The molecule has 0 aliphatic carbocycles. The predicted molar refractivity (Wildman–Crippen MR) is 90.5 cm³/mol. The fraction of sp³-hybridized carbons (Fsp3) is 0.0667. The van der Waals surface area contributed by atoms with E-state index in [4.69, 9.17) is 4.74 Å². The standard InChI is InChI=1S/C15H14N3O5PS.2Na/c1-23-10-2-3-11(9(6-10)4-5-24(20,21)22)25-12-7-16-14-13(12)17-8-18-15(14)19;;/h2-8,16H,1H3,(H,17,18,19)(H2,20,21,22);;/q;2*+1/p-2/b5-4+;;. The van der Waals surface area contributed by atoms with E-state index in [1.54, 1.807) is 24.4 Å². The Morgan fingerprint density at radius 1 is 1.22 bits per heavy atom. The van der Waals surface area contributed by atoms with Crippen molar-refractivity contribution in [1.29, 1.82) is 0 Å². The number of benzene rings is 1. The third-order valence-electron chi connectivity index (χ3n) is 3.31. The number of ether oxygens (including phenoxy) is 1. The molecule has 1 aromatic carbocycles. The topological polar surface area (TPSA) is 134 Å². The molecule has 3 aromatic rings. The van der Waals surface area contributed by atoms with Crippen molar-refractivity contribution in [2.45, 2.75) is 9.79 Å². The molecule has 12 heteroatoms. The summed E-state index contributed by atoms with van der Waals surface area (Å²) in [4.78, 5) is 44.4. The molecule has 0 saturated carbocycles. The second-order valence-corrected chi connectivity index (χ2v) is 7.43. The van der Waals surface area contributed by atoms with Gasteiger partial charge in [-0.15, -0.1) is 0 Å². The Bertz CT molecular complexity index is 1060. The molecule has 2 heterocycles. The first-order valence-electron chi connectivity index (χ1n) is 6.99. The summed E-state index contributed by atoms with van der Waals surface area (Å²) in [5, 5.41) is 0. The second-order valence-electron chi connectivity index (χ2n) is 4.97. The van der Waals surface area contributed by atoms with E-state index in [1.165, 1.54) is 31.3 Å². The van der Waals surface area contributed by atoms with Crippen LogP contribution in [-0.2, 0) is 4.57 Å². The van der Waals surface area contributed by atoms with Crippen molar-refractivity contribution in [3.63, 3.8) is 0 Å². The van der Waals surface area contributed by atoms with Crippen LogP contribution in [0.25, 0.3) is 17.1 Å². The minimum absolute atomic E-state index is 0. The van der Waals surface area contributed by atoms with Gasteiger partial charge in [-0.05, 0) is 31.4 Å². The van der Waals surface area contributed by atoms with Crippen LogP contribution in [0.2, 0.25) is 0 Å². The minimum Gasteiger partial charge on any atom is -0.808 e. The first-order chi connectivity index (χ1) is 11.9. The third-order valence-corrected chi connectivity index (χ3v) is 4.94. The van der Waals surface area contributed by atoms with Crippen LogP contribution < -0.4 is 79.2 Å². The van der Waals surface area contributed by atoms with E-state index in [1.807, 2.05) is 0 Å². The van der Waals surface area contributed by atoms with E-state index >= 15 is 0 Å². The van der Waals surface area contributed by atoms with Gasteiger partial charge in [-0.25, -0.2) is 4.98 Å². The quantitative estimate of drug-likeness (QED) is 0.311. The zero-order valence-electron chi connectivity index (χ0n) is 14.9. The van der Waals surface area contributed by atoms with Gasteiger partial charge in [0.2, 0.25) is 0 Å². The number of aromatic nitrogens is 3. The van der Waals surface area contributed by atoms with Crippen molar-refractivity contribution in [3.8, 4) is 5.75 Å². The van der Waals surface area contributed by atoms with Crippen LogP contribution in [-0.4, -0.2) is 22.1 Å². The van der Waals surface area contributed by atoms with Crippen LogP contribution in [0.1, 0.15) is 5.56 Å². The van der Waals surface area contributed by atoms with Crippen molar-refractivity contribution in [3.05, 3.63) is 52.5 Å². The zero-order valence-corrected chi connectivity index (χ0v) is 20.6. The largest absolute Gasteiger partial charge is 1.00 e. The number of fused-ring (bicyclic) bond motifs is 1. The van der Waals surface area contributed by atoms with Crippen LogP contribution in [0.15, 0.2) is 51.1 Å². The molecule has 130 valence electrons. The van der Waals surface area contributed by atoms with E-state index in [-0.39, 0.29) is 64.7 Å². The Morgan fingerprint density at radius 2 is 1.96 bits per heavy atom. The van der Waals surface area contributed by atoms with Crippen molar-refractivity contribution < 1.29 is 78.2 Å². The first kappa shape index (κ1) is 24.7. The Morgan fingerprint density at radius 3 is 2.63 bits per heavy atom. The van der Waals surface area contributed by atoms with Crippen molar-refractivity contribution >= 4 is 36.5 Å². The molecular formula is C15H12N3Na2O5PS. The van der Waals surface area contributed by atoms with E-state index in [2.05, 4.69) is 15.0 Å². The minimum atomic E-state index is -4.79. The summed E-state index contributed by atoms with van der Waals surface area (Å²) in [6.45, 7) is 0. The van der Waals surface area contributed by atoms with Crippen LogP contribution in [0.5, 0.6) is 5.75 Å². The molecule has 0 unspecified atom stereocenters. The van der Waals surface area contributed by atoms with Gasteiger partial charge in [-0.3, -0.25) is 4.79 Å². The van der Waals surface area contributed by atoms with Crippen molar-refractivity contribution in [2.75, 3.05) is 7.11 Å². The summed E-state index contributed by atoms with van der Waals surface area (Å²) in [7, 11) is -3.30. The van der Waals surface area contributed by atoms with Crippen molar-refractivity contribution in [2.24, 2.45) is 0 Å². The third kappa shape index (κ3) is 6.33. The van der Waals surface area contributed by atoms with Crippen LogP contribution >= 0.6 is 19.4 Å². The zero-order chi connectivity index (χ0) is 18.0. The maximum Gasteiger partial charge on any atom is 1.00 e. The van der Waals surface area contributed by atoms with Gasteiger partial charge in [0.1, 0.15) is 16.8 Å². The van der Waals surface area contributed by atoms with E-state index in [0.717, 1.165) is 0 Å². The summed E-state index contributed by atoms with van der Waals surface area (Å²) in [6.07, 6.45) is 4.17. The summed E-state index contributed by atoms with van der Waals surface area (Å²) in [6, 6.07) is 5.06. The maximum absolute atomic E-state index is 11.7. The monoisotopic (exact) mass is 423 g/mol. The molecule has 2 aromatic heterocycles. The number of hydrogen-bond donors (Lipinski definition) is 2. The van der Waals surface area contributed by atoms with Gasteiger partial charge in [0, 0.05) is 11.1 Å². The van der Waals surface area contributed by atoms with E-state index in [0.29, 0.717) is 38.0 Å². The summed E-state index contributed by atoms with van der Waals surface area (Å²) in [5.74, 6) is 1.13. The van der Waals surface area contributed by atoms with Gasteiger partial charge >= 0.3 is 59.1 Å². The second kappa shape index (κ2) is 10.5. The molecule has 2 N–H and O–H groups in total. The van der Waals surface area contributed by atoms with Gasteiger partial charge in [0.15, 0.2) is 0 Å². The fourth-order valence-electron chi connectivity index (χ4n) is 2.17. The normalized spacial score (nSPS) is 11.2. The van der Waals surface area contributed by atoms with Gasteiger partial charge in [0.05, 0.1) is 18.3 Å². The molecule has 0 aliphatic heterocycles. The first-order valence-corrected chi connectivity index (χ1v) is 9.42. The summed E-state index contributed by atoms with van der Waals surface area (Å²) in [5.41, 5.74) is 1.05. The number of hydrogen-bond acceptors (Lipinski definition) is 7. The fourth-order valence-corrected chi connectivity index (χ4v) is 3.50. The van der Waals surface area contributed by atoms with Gasteiger partial charge in [0.25, 0.3) is 5.56 Å². The number of nitrogens with zero attached hydrogens (tertiary/aromatic N) is 1. The molecular weight excluding hydrogens is 411 g/mol. The van der Waals surface area contributed by atoms with Gasteiger partial charge < -0.3 is 29.1 Å². The maximum atomic E-state index is 11.7. The molecule has 0 aliphatic rings. The molecule has 0 saturated heterocycles. The molecule has 3 rings (SSSR count). The van der Waals surface area contributed by atoms with Crippen molar-refractivity contribution in [1.82, 2.24) is 15.0 Å². The molecule has 0 fully saturated rings. The number of rotatable bonds is 5. The summed E-state index contributed by atoms with van der Waals surface area (Å²) < 4.78 is 16.0. The molecule has 8 nitrogen and oxygen atoms in total.